The number of fused-ring (bicyclic) bond motifs is 1. The molecule has 5 rings (SSSR count). The zero-order valence-corrected chi connectivity index (χ0v) is 17.7. The fourth-order valence-electron chi connectivity index (χ4n) is 3.28. The van der Waals surface area contributed by atoms with Crippen LogP contribution in [0.25, 0.3) is 11.6 Å². The Balaban J connectivity index is 1.39. The van der Waals surface area contributed by atoms with Gasteiger partial charge in [0.05, 0.1) is 36.5 Å². The molecule has 32 heavy (non-hydrogen) atoms. The molecule has 0 fully saturated rings. The number of anilines is 1. The maximum atomic E-state index is 13.1. The first-order valence-electron chi connectivity index (χ1n) is 9.95. The molecular weight excluding hydrogens is 434 g/mol. The molecule has 0 spiro atoms. The highest BCUT2D eigenvalue weighted by atomic mass is 32.2. The van der Waals surface area contributed by atoms with E-state index in [-0.39, 0.29) is 11.3 Å². The quantitative estimate of drug-likeness (QED) is 0.467. The number of hydrogen-bond acceptors (Lipinski definition) is 8. The molecule has 0 unspecified atom stereocenters. The van der Waals surface area contributed by atoms with E-state index < -0.39 is 10.0 Å². The molecule has 9 nitrogen and oxygen atoms in total. The van der Waals surface area contributed by atoms with E-state index in [1.165, 1.54) is 18.4 Å². The van der Waals surface area contributed by atoms with Gasteiger partial charge in [-0.25, -0.2) is 8.42 Å². The van der Waals surface area contributed by atoms with Crippen molar-refractivity contribution in [3.05, 3.63) is 72.3 Å². The van der Waals surface area contributed by atoms with Crippen molar-refractivity contribution in [2.75, 3.05) is 17.9 Å². The topological polar surface area (TPSA) is 117 Å². The molecule has 3 heterocycles. The summed E-state index contributed by atoms with van der Waals surface area (Å²) in [4.78, 5) is 4.40. The first-order valence-corrected chi connectivity index (χ1v) is 11.4. The summed E-state index contributed by atoms with van der Waals surface area (Å²) < 4.78 is 50.6. The van der Waals surface area contributed by atoms with Crippen LogP contribution in [0.15, 0.2) is 74.7 Å². The van der Waals surface area contributed by atoms with Gasteiger partial charge in [-0.15, -0.1) is 0 Å². The molecule has 0 radical (unpaired) electrons. The molecule has 0 aliphatic carbocycles. The van der Waals surface area contributed by atoms with Gasteiger partial charge in [-0.3, -0.25) is 4.72 Å². The second kappa shape index (κ2) is 8.39. The number of aromatic nitrogens is 2. The van der Waals surface area contributed by atoms with Gasteiger partial charge >= 0.3 is 0 Å². The molecule has 0 saturated carbocycles. The summed E-state index contributed by atoms with van der Waals surface area (Å²) in [7, 11) is -3.87. The molecule has 1 N–H and O–H groups in total. The fraction of sp³-hybridized carbons (Fsp3) is 0.182. The summed E-state index contributed by atoms with van der Waals surface area (Å²) >= 11 is 0. The zero-order valence-electron chi connectivity index (χ0n) is 16.9. The minimum absolute atomic E-state index is 0.0782. The number of para-hydroxylation sites is 1. The van der Waals surface area contributed by atoms with Crippen LogP contribution < -0.4 is 14.2 Å². The fourth-order valence-corrected chi connectivity index (χ4v) is 4.40. The average molecular weight is 453 g/mol. The molecular formula is C22H19N3O6S. The van der Waals surface area contributed by atoms with Gasteiger partial charge in [0.25, 0.3) is 10.0 Å². The van der Waals surface area contributed by atoms with Crippen molar-refractivity contribution < 1.29 is 26.8 Å². The van der Waals surface area contributed by atoms with Crippen molar-refractivity contribution in [3.63, 3.8) is 0 Å². The van der Waals surface area contributed by atoms with E-state index in [4.69, 9.17) is 18.4 Å². The first-order chi connectivity index (χ1) is 15.6. The van der Waals surface area contributed by atoms with Crippen LogP contribution in [0.5, 0.6) is 11.5 Å². The minimum atomic E-state index is -3.87. The zero-order chi connectivity index (χ0) is 22.0. The molecule has 2 aromatic carbocycles. The molecule has 1 aliphatic rings. The highest BCUT2D eigenvalue weighted by Gasteiger charge is 2.21. The Bertz CT molecular complexity index is 1330. The maximum absolute atomic E-state index is 13.1. The standard InChI is InChI=1S/C22H19N3O6S/c26-32(27,16-8-9-18-20(14-16)30-12-4-11-28-18)25-17-6-2-1-5-15(17)13-21-23-22(24-31-21)19-7-3-10-29-19/h1-3,5-10,14,25H,4,11-13H2. The van der Waals surface area contributed by atoms with Gasteiger partial charge in [0.1, 0.15) is 0 Å². The predicted octanol–water partition coefficient (Wildman–Crippen LogP) is 3.88. The molecule has 0 bridgehead atoms. The van der Waals surface area contributed by atoms with Gasteiger partial charge in [0.15, 0.2) is 17.3 Å². The Morgan fingerprint density at radius 1 is 0.969 bits per heavy atom. The second-order valence-electron chi connectivity index (χ2n) is 7.09. The highest BCUT2D eigenvalue weighted by Crippen LogP contribution is 2.33. The molecule has 0 amide bonds. The van der Waals surface area contributed by atoms with Crippen LogP contribution in [-0.2, 0) is 16.4 Å². The van der Waals surface area contributed by atoms with Crippen molar-refractivity contribution in [2.45, 2.75) is 17.7 Å². The van der Waals surface area contributed by atoms with Crippen LogP contribution in [0.1, 0.15) is 17.9 Å². The van der Waals surface area contributed by atoms with Gasteiger partial charge in [0.2, 0.25) is 11.7 Å². The summed E-state index contributed by atoms with van der Waals surface area (Å²) in [6.07, 6.45) is 2.50. The number of furan rings is 1. The predicted molar refractivity (Wildman–Crippen MR) is 114 cm³/mol. The third kappa shape index (κ3) is 4.17. The lowest BCUT2D eigenvalue weighted by molar-refractivity contribution is 0.297. The van der Waals surface area contributed by atoms with Gasteiger partial charge in [-0.1, -0.05) is 23.4 Å². The normalized spacial score (nSPS) is 13.5. The average Bonchev–Trinajstić information content (AvgIpc) is 3.42. The summed E-state index contributed by atoms with van der Waals surface area (Å²) in [6, 6.07) is 15.1. The molecule has 2 aromatic heterocycles. The number of nitrogens with zero attached hydrogens (tertiary/aromatic N) is 2. The van der Waals surface area contributed by atoms with E-state index in [0.717, 1.165) is 6.42 Å². The van der Waals surface area contributed by atoms with Crippen LogP contribution in [0.2, 0.25) is 0 Å². The monoisotopic (exact) mass is 453 g/mol. The number of nitrogens with one attached hydrogen (secondary N) is 1. The third-order valence-electron chi connectivity index (χ3n) is 4.84. The van der Waals surface area contributed by atoms with Gasteiger partial charge in [0, 0.05) is 12.5 Å². The largest absolute Gasteiger partial charge is 0.490 e. The van der Waals surface area contributed by atoms with E-state index in [2.05, 4.69) is 14.9 Å². The molecule has 0 atom stereocenters. The van der Waals surface area contributed by atoms with Crippen molar-refractivity contribution in [1.82, 2.24) is 10.1 Å². The third-order valence-corrected chi connectivity index (χ3v) is 6.21. The molecule has 10 heteroatoms. The van der Waals surface area contributed by atoms with E-state index in [9.17, 15) is 8.42 Å². The van der Waals surface area contributed by atoms with E-state index in [0.29, 0.717) is 53.4 Å². The molecule has 164 valence electrons. The van der Waals surface area contributed by atoms with Crippen LogP contribution in [0.3, 0.4) is 0 Å². The smallest absolute Gasteiger partial charge is 0.262 e. The maximum Gasteiger partial charge on any atom is 0.262 e. The molecule has 4 aromatic rings. The van der Waals surface area contributed by atoms with E-state index in [1.807, 2.05) is 6.07 Å². The lowest BCUT2D eigenvalue weighted by atomic mass is 10.1. The van der Waals surface area contributed by atoms with Crippen LogP contribution in [-0.4, -0.2) is 31.8 Å². The minimum Gasteiger partial charge on any atom is -0.490 e. The Labute approximate surface area is 184 Å². The summed E-state index contributed by atoms with van der Waals surface area (Å²) in [5.41, 5.74) is 1.09. The van der Waals surface area contributed by atoms with Gasteiger partial charge < -0.3 is 18.4 Å². The number of sulfonamides is 1. The number of rotatable bonds is 6. The highest BCUT2D eigenvalue weighted by molar-refractivity contribution is 7.92. The summed E-state index contributed by atoms with van der Waals surface area (Å²) in [6.45, 7) is 0.999. The second-order valence-corrected chi connectivity index (χ2v) is 8.77. The van der Waals surface area contributed by atoms with Crippen molar-refractivity contribution >= 4 is 15.7 Å². The number of ether oxygens (including phenoxy) is 2. The number of benzene rings is 2. The van der Waals surface area contributed by atoms with Crippen molar-refractivity contribution in [3.8, 4) is 23.1 Å². The Kier molecular flexibility index (Phi) is 5.28. The van der Waals surface area contributed by atoms with Gasteiger partial charge in [-0.05, 0) is 35.9 Å². The molecule has 1 aliphatic heterocycles. The summed E-state index contributed by atoms with van der Waals surface area (Å²) in [5, 5.41) is 3.91. The SMILES string of the molecule is O=S(=O)(Nc1ccccc1Cc1nc(-c2ccco2)no1)c1ccc2c(c1)OCCCO2. The Hall–Kier alpha value is -3.79. The van der Waals surface area contributed by atoms with E-state index in [1.54, 1.807) is 36.4 Å². The van der Waals surface area contributed by atoms with E-state index >= 15 is 0 Å². The lowest BCUT2D eigenvalue weighted by Gasteiger charge is -2.13. The van der Waals surface area contributed by atoms with Crippen LogP contribution in [0.4, 0.5) is 5.69 Å². The van der Waals surface area contributed by atoms with Crippen LogP contribution >= 0.6 is 0 Å². The van der Waals surface area contributed by atoms with Gasteiger partial charge in [-0.2, -0.15) is 4.98 Å². The Morgan fingerprint density at radius 3 is 2.66 bits per heavy atom. The van der Waals surface area contributed by atoms with Crippen molar-refractivity contribution in [1.29, 1.82) is 0 Å². The lowest BCUT2D eigenvalue weighted by Crippen LogP contribution is -2.14. The first kappa shape index (κ1) is 20.1. The Morgan fingerprint density at radius 2 is 1.81 bits per heavy atom. The molecule has 0 saturated heterocycles. The van der Waals surface area contributed by atoms with Crippen LogP contribution in [0, 0.1) is 0 Å². The van der Waals surface area contributed by atoms with Crippen molar-refractivity contribution in [2.24, 2.45) is 0 Å². The number of hydrogen-bond donors (Lipinski definition) is 1. The summed E-state index contributed by atoms with van der Waals surface area (Å²) in [5.74, 6) is 2.10.